The number of hydrogen-bond acceptors (Lipinski definition) is 2. The van der Waals surface area contributed by atoms with Crippen LogP contribution < -0.4 is 16.4 Å². The monoisotopic (exact) mass is 318 g/mol. The van der Waals surface area contributed by atoms with Crippen LogP contribution in [0.5, 0.6) is 0 Å². The summed E-state index contributed by atoms with van der Waals surface area (Å²) in [5.74, 6) is 0.331. The second-order valence-electron chi connectivity index (χ2n) is 6.23. The molecule has 0 aliphatic rings. The van der Waals surface area contributed by atoms with Crippen molar-refractivity contribution < 1.29 is 4.79 Å². The van der Waals surface area contributed by atoms with Crippen molar-refractivity contribution in [3.05, 3.63) is 29.3 Å². The van der Waals surface area contributed by atoms with Gasteiger partial charge in [-0.1, -0.05) is 32.0 Å². The molecule has 0 atom stereocenters. The van der Waals surface area contributed by atoms with E-state index in [0.717, 1.165) is 18.5 Å². The van der Waals surface area contributed by atoms with Crippen molar-refractivity contribution in [3.8, 4) is 0 Å². The van der Waals surface area contributed by atoms with Gasteiger partial charge in [-0.05, 0) is 44.7 Å². The summed E-state index contributed by atoms with van der Waals surface area (Å²) in [6, 6.07) is 6.25. The molecule has 0 radical (unpaired) electrons. The first kappa shape index (κ1) is 19.0. The Morgan fingerprint density at radius 1 is 1.17 bits per heavy atom. The van der Waals surface area contributed by atoms with Crippen LogP contribution in [0.3, 0.4) is 0 Å². The normalized spacial score (nSPS) is 12.1. The molecule has 1 amide bonds. The third-order valence-corrected chi connectivity index (χ3v) is 3.85. The molecule has 1 aromatic carbocycles. The Bertz CT molecular complexity index is 542. The number of carbonyl (C=O) groups excluding carboxylic acids is 1. The summed E-state index contributed by atoms with van der Waals surface area (Å²) >= 11 is 0. The number of nitrogens with one attached hydrogen (secondary N) is 2. The zero-order chi connectivity index (χ0) is 17.5. The van der Waals surface area contributed by atoms with E-state index < -0.39 is 5.41 Å². The van der Waals surface area contributed by atoms with E-state index in [2.05, 4.69) is 47.7 Å². The van der Waals surface area contributed by atoms with E-state index in [-0.39, 0.29) is 5.91 Å². The fourth-order valence-corrected chi connectivity index (χ4v) is 2.33. The lowest BCUT2D eigenvalue weighted by Crippen LogP contribution is -2.39. The van der Waals surface area contributed by atoms with E-state index in [4.69, 9.17) is 5.73 Å². The Hall–Kier alpha value is -2.04. The van der Waals surface area contributed by atoms with Crippen LogP contribution in [-0.2, 0) is 17.6 Å². The van der Waals surface area contributed by atoms with Crippen LogP contribution in [0.2, 0.25) is 0 Å². The lowest BCUT2D eigenvalue weighted by atomic mass is 9.92. The minimum absolute atomic E-state index is 0.0141. The molecule has 0 saturated carbocycles. The fourth-order valence-electron chi connectivity index (χ4n) is 2.33. The number of carbonyl (C=O) groups is 1. The van der Waals surface area contributed by atoms with Gasteiger partial charge in [0.05, 0.1) is 12.0 Å². The van der Waals surface area contributed by atoms with Crippen molar-refractivity contribution in [1.82, 2.24) is 5.32 Å². The van der Waals surface area contributed by atoms with E-state index in [9.17, 15) is 4.79 Å². The molecule has 23 heavy (non-hydrogen) atoms. The first-order chi connectivity index (χ1) is 10.9. The summed E-state index contributed by atoms with van der Waals surface area (Å²) in [4.78, 5) is 16.4. The van der Waals surface area contributed by atoms with Gasteiger partial charge in [0.1, 0.15) is 0 Å². The Balaban J connectivity index is 2.87. The summed E-state index contributed by atoms with van der Waals surface area (Å²) < 4.78 is 0. The van der Waals surface area contributed by atoms with Crippen molar-refractivity contribution in [2.45, 2.75) is 47.5 Å². The van der Waals surface area contributed by atoms with Gasteiger partial charge in [-0.2, -0.15) is 0 Å². The van der Waals surface area contributed by atoms with Gasteiger partial charge >= 0.3 is 0 Å². The van der Waals surface area contributed by atoms with Crippen molar-refractivity contribution in [3.63, 3.8) is 0 Å². The molecule has 0 unspecified atom stereocenters. The SMILES string of the molecule is CCNC(=O)C(C)(C)CN=C(N)Nc1c(CC)cccc1CC. The summed E-state index contributed by atoms with van der Waals surface area (Å²) in [7, 11) is 0. The average molecular weight is 318 g/mol. The Morgan fingerprint density at radius 2 is 1.74 bits per heavy atom. The highest BCUT2D eigenvalue weighted by Gasteiger charge is 2.26. The highest BCUT2D eigenvalue weighted by Crippen LogP contribution is 2.22. The zero-order valence-corrected chi connectivity index (χ0v) is 15.0. The third kappa shape index (κ3) is 5.27. The van der Waals surface area contributed by atoms with Crippen molar-refractivity contribution in [1.29, 1.82) is 0 Å². The fraction of sp³-hybridized carbons (Fsp3) is 0.556. The van der Waals surface area contributed by atoms with E-state index in [1.807, 2.05) is 20.8 Å². The van der Waals surface area contributed by atoms with Crippen LogP contribution in [0, 0.1) is 5.41 Å². The van der Waals surface area contributed by atoms with Crippen LogP contribution in [0.15, 0.2) is 23.2 Å². The smallest absolute Gasteiger partial charge is 0.227 e. The molecule has 0 spiro atoms. The quantitative estimate of drug-likeness (QED) is 0.534. The number of nitrogens with two attached hydrogens (primary N) is 1. The maximum absolute atomic E-state index is 12.0. The standard InChI is InChI=1S/C18H30N4O/c1-6-13-10-9-11-14(7-2)15(13)22-17(19)21-12-18(4,5)16(23)20-8-3/h9-11H,6-8,12H2,1-5H3,(H,20,23)(H3,19,21,22). The molecule has 5 nitrogen and oxygen atoms in total. The molecule has 128 valence electrons. The average Bonchev–Trinajstić information content (AvgIpc) is 2.53. The molecule has 0 aliphatic carbocycles. The van der Waals surface area contributed by atoms with Crippen LogP contribution >= 0.6 is 0 Å². The molecule has 0 saturated heterocycles. The van der Waals surface area contributed by atoms with Gasteiger partial charge in [-0.25, -0.2) is 0 Å². The third-order valence-electron chi connectivity index (χ3n) is 3.85. The molecular formula is C18H30N4O. The number of guanidine groups is 1. The van der Waals surface area contributed by atoms with Gasteiger partial charge in [0.15, 0.2) is 5.96 Å². The van der Waals surface area contributed by atoms with Crippen molar-refractivity contribution in [2.24, 2.45) is 16.1 Å². The van der Waals surface area contributed by atoms with E-state index in [1.54, 1.807) is 0 Å². The number of rotatable bonds is 7. The van der Waals surface area contributed by atoms with Gasteiger partial charge in [-0.3, -0.25) is 9.79 Å². The van der Waals surface area contributed by atoms with Crippen LogP contribution in [0.4, 0.5) is 5.69 Å². The summed E-state index contributed by atoms with van der Waals surface area (Å²) in [6.07, 6.45) is 1.85. The molecule has 4 N–H and O–H groups in total. The highest BCUT2D eigenvalue weighted by molar-refractivity contribution is 5.94. The number of aliphatic imine (C=N–C) groups is 1. The molecule has 0 bridgehead atoms. The van der Waals surface area contributed by atoms with Crippen molar-refractivity contribution in [2.75, 3.05) is 18.4 Å². The van der Waals surface area contributed by atoms with Crippen LogP contribution in [0.1, 0.15) is 45.7 Å². The van der Waals surface area contributed by atoms with E-state index in [1.165, 1.54) is 11.1 Å². The molecule has 0 aromatic heterocycles. The number of aryl methyl sites for hydroxylation is 2. The zero-order valence-electron chi connectivity index (χ0n) is 15.0. The minimum Gasteiger partial charge on any atom is -0.370 e. The maximum Gasteiger partial charge on any atom is 0.227 e. The second kappa shape index (κ2) is 8.56. The van der Waals surface area contributed by atoms with Gasteiger partial charge in [0.2, 0.25) is 5.91 Å². The number of amides is 1. The molecule has 0 aliphatic heterocycles. The number of para-hydroxylation sites is 1. The first-order valence-corrected chi connectivity index (χ1v) is 8.31. The lowest BCUT2D eigenvalue weighted by molar-refractivity contribution is -0.128. The summed E-state index contributed by atoms with van der Waals surface area (Å²) in [5, 5.41) is 6.05. The van der Waals surface area contributed by atoms with E-state index >= 15 is 0 Å². The van der Waals surface area contributed by atoms with Crippen LogP contribution in [0.25, 0.3) is 0 Å². The van der Waals surface area contributed by atoms with Gasteiger partial charge < -0.3 is 16.4 Å². The van der Waals surface area contributed by atoms with E-state index in [0.29, 0.717) is 19.0 Å². The van der Waals surface area contributed by atoms with Crippen LogP contribution in [-0.4, -0.2) is 25.0 Å². The molecule has 5 heteroatoms. The Morgan fingerprint density at radius 3 is 2.22 bits per heavy atom. The minimum atomic E-state index is -0.583. The maximum atomic E-state index is 12.0. The van der Waals surface area contributed by atoms with Gasteiger partial charge in [0, 0.05) is 12.2 Å². The largest absolute Gasteiger partial charge is 0.370 e. The molecule has 1 rings (SSSR count). The Kier molecular flexibility index (Phi) is 7.07. The second-order valence-corrected chi connectivity index (χ2v) is 6.23. The molecule has 1 aromatic rings. The summed E-state index contributed by atoms with van der Waals surface area (Å²) in [5.41, 5.74) is 8.92. The number of benzene rings is 1. The predicted octanol–water partition coefficient (Wildman–Crippen LogP) is 2.70. The number of hydrogen-bond donors (Lipinski definition) is 3. The number of nitrogens with zero attached hydrogens (tertiary/aromatic N) is 1. The predicted molar refractivity (Wildman–Crippen MR) is 97.8 cm³/mol. The topological polar surface area (TPSA) is 79.5 Å². The van der Waals surface area contributed by atoms with Gasteiger partial charge in [-0.15, -0.1) is 0 Å². The first-order valence-electron chi connectivity index (χ1n) is 8.31. The molecular weight excluding hydrogens is 288 g/mol. The molecule has 0 fully saturated rings. The summed E-state index contributed by atoms with van der Waals surface area (Å²) in [6.45, 7) is 10.8. The number of anilines is 1. The lowest BCUT2D eigenvalue weighted by Gasteiger charge is -2.21. The Labute approximate surface area is 139 Å². The molecule has 0 heterocycles. The van der Waals surface area contributed by atoms with Crippen molar-refractivity contribution >= 4 is 17.6 Å². The van der Waals surface area contributed by atoms with Gasteiger partial charge in [0.25, 0.3) is 0 Å². The highest BCUT2D eigenvalue weighted by atomic mass is 16.2.